The van der Waals surface area contributed by atoms with E-state index in [9.17, 15) is 0 Å². The van der Waals surface area contributed by atoms with Crippen molar-refractivity contribution in [1.29, 1.82) is 0 Å². The molecule has 1 aliphatic heterocycles. The second-order valence-electron chi connectivity index (χ2n) is 5.15. The van der Waals surface area contributed by atoms with Crippen LogP contribution in [0.2, 0.25) is 0 Å². The van der Waals surface area contributed by atoms with Crippen molar-refractivity contribution in [3.05, 3.63) is 23.3 Å². The van der Waals surface area contributed by atoms with Crippen LogP contribution in [0, 0.1) is 0 Å². The summed E-state index contributed by atoms with van der Waals surface area (Å²) in [5.41, 5.74) is 2.58. The van der Waals surface area contributed by atoms with E-state index in [1.807, 2.05) is 0 Å². The van der Waals surface area contributed by atoms with Gasteiger partial charge in [0.05, 0.1) is 26.9 Å². The minimum Gasteiger partial charge on any atom is -0.493 e. The van der Waals surface area contributed by atoms with E-state index in [2.05, 4.69) is 17.4 Å². The normalized spacial score (nSPS) is 26.0. The number of aryl methyl sites for hydroxylation is 1. The highest BCUT2D eigenvalue weighted by molar-refractivity contribution is 5.49. The SMILES string of the molecule is COc1cc2c(cc1OC)C1OCCNC1CCC2. The highest BCUT2D eigenvalue weighted by Gasteiger charge is 2.31. The monoisotopic (exact) mass is 263 g/mol. The van der Waals surface area contributed by atoms with E-state index in [1.165, 1.54) is 17.5 Å². The highest BCUT2D eigenvalue weighted by Crippen LogP contribution is 2.39. The van der Waals surface area contributed by atoms with Crippen LogP contribution >= 0.6 is 0 Å². The molecule has 1 saturated heterocycles. The lowest BCUT2D eigenvalue weighted by atomic mass is 9.97. The van der Waals surface area contributed by atoms with Gasteiger partial charge in [0.2, 0.25) is 0 Å². The summed E-state index contributed by atoms with van der Waals surface area (Å²) in [7, 11) is 3.36. The molecule has 1 aromatic rings. The molecule has 1 aliphatic carbocycles. The Kier molecular flexibility index (Phi) is 3.62. The molecule has 2 unspecified atom stereocenters. The van der Waals surface area contributed by atoms with Crippen molar-refractivity contribution in [1.82, 2.24) is 5.32 Å². The first kappa shape index (κ1) is 12.8. The summed E-state index contributed by atoms with van der Waals surface area (Å²) < 4.78 is 16.8. The van der Waals surface area contributed by atoms with Crippen LogP contribution < -0.4 is 14.8 Å². The van der Waals surface area contributed by atoms with Gasteiger partial charge in [-0.25, -0.2) is 0 Å². The van der Waals surface area contributed by atoms with Crippen LogP contribution in [-0.4, -0.2) is 33.4 Å². The minimum atomic E-state index is 0.144. The molecule has 0 radical (unpaired) electrons. The fourth-order valence-corrected chi connectivity index (χ4v) is 3.14. The molecule has 19 heavy (non-hydrogen) atoms. The molecule has 2 atom stereocenters. The number of benzene rings is 1. The van der Waals surface area contributed by atoms with E-state index in [0.717, 1.165) is 37.5 Å². The molecule has 0 aromatic heterocycles. The predicted octanol–water partition coefficient (Wildman–Crippen LogP) is 2.07. The second-order valence-corrected chi connectivity index (χ2v) is 5.15. The van der Waals surface area contributed by atoms with Crippen LogP contribution in [0.25, 0.3) is 0 Å². The first-order valence-corrected chi connectivity index (χ1v) is 6.93. The molecule has 3 rings (SSSR count). The largest absolute Gasteiger partial charge is 0.493 e. The zero-order valence-corrected chi connectivity index (χ0v) is 11.6. The maximum Gasteiger partial charge on any atom is 0.161 e. The zero-order chi connectivity index (χ0) is 13.2. The van der Waals surface area contributed by atoms with Gasteiger partial charge in [0.15, 0.2) is 11.5 Å². The van der Waals surface area contributed by atoms with Gasteiger partial charge >= 0.3 is 0 Å². The fourth-order valence-electron chi connectivity index (χ4n) is 3.14. The molecular formula is C15H21NO3. The van der Waals surface area contributed by atoms with Gasteiger partial charge in [-0.1, -0.05) is 0 Å². The number of nitrogens with one attached hydrogen (secondary N) is 1. The van der Waals surface area contributed by atoms with E-state index in [0.29, 0.717) is 6.04 Å². The third-order valence-corrected chi connectivity index (χ3v) is 4.08. The average Bonchev–Trinajstić information content (AvgIpc) is 2.64. The number of hydrogen-bond donors (Lipinski definition) is 1. The van der Waals surface area contributed by atoms with Crippen molar-refractivity contribution < 1.29 is 14.2 Å². The van der Waals surface area contributed by atoms with E-state index in [1.54, 1.807) is 14.2 Å². The van der Waals surface area contributed by atoms with E-state index >= 15 is 0 Å². The van der Waals surface area contributed by atoms with Crippen LogP contribution in [-0.2, 0) is 11.2 Å². The third kappa shape index (κ3) is 2.30. The molecule has 0 amide bonds. The molecular weight excluding hydrogens is 242 g/mol. The highest BCUT2D eigenvalue weighted by atomic mass is 16.5. The predicted molar refractivity (Wildman–Crippen MR) is 73.0 cm³/mol. The lowest BCUT2D eigenvalue weighted by Gasteiger charge is -2.32. The quantitative estimate of drug-likeness (QED) is 0.886. The standard InChI is InChI=1S/C15H21NO3/c1-17-13-8-10-4-3-5-12-15(19-7-6-16-12)11(10)9-14(13)18-2/h8-9,12,15-16H,3-7H2,1-2H3. The van der Waals surface area contributed by atoms with Gasteiger partial charge in [-0.15, -0.1) is 0 Å². The van der Waals surface area contributed by atoms with Gasteiger partial charge in [-0.05, 0) is 42.5 Å². The maximum absolute atomic E-state index is 6.00. The molecule has 1 fully saturated rings. The number of methoxy groups -OCH3 is 2. The molecule has 4 nitrogen and oxygen atoms in total. The molecule has 104 valence electrons. The van der Waals surface area contributed by atoms with Crippen LogP contribution in [0.5, 0.6) is 11.5 Å². The number of fused-ring (bicyclic) bond motifs is 3. The zero-order valence-electron chi connectivity index (χ0n) is 11.6. The summed E-state index contributed by atoms with van der Waals surface area (Å²) in [5.74, 6) is 1.60. The second kappa shape index (κ2) is 5.39. The molecule has 4 heteroatoms. The van der Waals surface area contributed by atoms with E-state index in [-0.39, 0.29) is 6.10 Å². The van der Waals surface area contributed by atoms with Crippen molar-refractivity contribution in [3.63, 3.8) is 0 Å². The van der Waals surface area contributed by atoms with Crippen LogP contribution in [0.4, 0.5) is 0 Å². The van der Waals surface area contributed by atoms with Gasteiger partial charge in [0.25, 0.3) is 0 Å². The van der Waals surface area contributed by atoms with Crippen molar-refractivity contribution >= 4 is 0 Å². The lowest BCUT2D eigenvalue weighted by Crippen LogP contribution is -2.43. The Bertz CT molecular complexity index is 461. The summed E-state index contributed by atoms with van der Waals surface area (Å²) in [6.45, 7) is 1.72. The summed E-state index contributed by atoms with van der Waals surface area (Å²) in [6, 6.07) is 4.62. The van der Waals surface area contributed by atoms with Gasteiger partial charge in [0, 0.05) is 12.6 Å². The third-order valence-electron chi connectivity index (χ3n) is 4.08. The molecule has 0 saturated carbocycles. The molecule has 1 aromatic carbocycles. The van der Waals surface area contributed by atoms with E-state index in [4.69, 9.17) is 14.2 Å². The Morgan fingerprint density at radius 3 is 2.79 bits per heavy atom. The summed E-state index contributed by atoms with van der Waals surface area (Å²) in [6.07, 6.45) is 3.56. The number of morpholine rings is 1. The smallest absolute Gasteiger partial charge is 0.161 e. The number of rotatable bonds is 2. The van der Waals surface area contributed by atoms with E-state index < -0.39 is 0 Å². The molecule has 1 N–H and O–H groups in total. The fraction of sp³-hybridized carbons (Fsp3) is 0.600. The van der Waals surface area contributed by atoms with Gasteiger partial charge in [-0.2, -0.15) is 0 Å². The number of hydrogen-bond acceptors (Lipinski definition) is 4. The topological polar surface area (TPSA) is 39.7 Å². The van der Waals surface area contributed by atoms with Crippen LogP contribution in [0.1, 0.15) is 30.1 Å². The Labute approximate surface area is 114 Å². The van der Waals surface area contributed by atoms with Crippen LogP contribution in [0.3, 0.4) is 0 Å². The van der Waals surface area contributed by atoms with Crippen molar-refractivity contribution in [2.24, 2.45) is 0 Å². The Balaban J connectivity index is 2.04. The van der Waals surface area contributed by atoms with Gasteiger partial charge in [-0.3, -0.25) is 0 Å². The van der Waals surface area contributed by atoms with Gasteiger partial charge in [0.1, 0.15) is 0 Å². The van der Waals surface area contributed by atoms with Crippen molar-refractivity contribution in [2.75, 3.05) is 27.4 Å². The van der Waals surface area contributed by atoms with Gasteiger partial charge < -0.3 is 19.5 Å². The first-order valence-electron chi connectivity index (χ1n) is 6.93. The Hall–Kier alpha value is -1.26. The molecule has 0 spiro atoms. The molecule has 2 aliphatic rings. The van der Waals surface area contributed by atoms with Crippen molar-refractivity contribution in [2.45, 2.75) is 31.4 Å². The molecule has 0 bridgehead atoms. The average molecular weight is 263 g/mol. The maximum atomic E-state index is 6.00. The molecule has 1 heterocycles. The number of ether oxygens (including phenoxy) is 3. The Morgan fingerprint density at radius 2 is 2.00 bits per heavy atom. The summed E-state index contributed by atoms with van der Waals surface area (Å²) >= 11 is 0. The summed E-state index contributed by atoms with van der Waals surface area (Å²) in [4.78, 5) is 0. The van der Waals surface area contributed by atoms with Crippen molar-refractivity contribution in [3.8, 4) is 11.5 Å². The Morgan fingerprint density at radius 1 is 1.21 bits per heavy atom. The lowest BCUT2D eigenvalue weighted by molar-refractivity contribution is -0.00657. The minimum absolute atomic E-state index is 0.144. The summed E-state index contributed by atoms with van der Waals surface area (Å²) in [5, 5.41) is 3.57. The first-order chi connectivity index (χ1) is 9.33. The van der Waals surface area contributed by atoms with Crippen LogP contribution in [0.15, 0.2) is 12.1 Å².